The number of hydrogen-bond donors (Lipinski definition) is 0. The Labute approximate surface area is 166 Å². The molecule has 3 rings (SSSR count). The fourth-order valence-corrected chi connectivity index (χ4v) is 3.05. The smallest absolute Gasteiger partial charge is 0.183 e. The van der Waals surface area contributed by atoms with Gasteiger partial charge in [0.05, 0.1) is 33.5 Å². The van der Waals surface area contributed by atoms with Gasteiger partial charge in [0.25, 0.3) is 0 Å². The quantitative estimate of drug-likeness (QED) is 0.454. The van der Waals surface area contributed by atoms with Gasteiger partial charge in [0, 0.05) is 11.5 Å². The summed E-state index contributed by atoms with van der Waals surface area (Å²) in [5.74, 6) is 2.03. The first-order chi connectivity index (χ1) is 13.8. The topological polar surface area (TPSA) is 46.2 Å². The summed E-state index contributed by atoms with van der Waals surface area (Å²) in [5.41, 5.74) is 2.26. The molecule has 0 N–H and O–H groups in total. The fraction of sp³-hybridized carbons (Fsp3) is 0.391. The van der Waals surface area contributed by atoms with Crippen molar-refractivity contribution in [1.82, 2.24) is 0 Å². The van der Waals surface area contributed by atoms with Crippen LogP contribution in [0.3, 0.4) is 0 Å². The van der Waals surface area contributed by atoms with E-state index in [0.29, 0.717) is 39.0 Å². The molecule has 28 heavy (non-hydrogen) atoms. The van der Waals surface area contributed by atoms with Crippen LogP contribution in [-0.2, 0) is 20.6 Å². The van der Waals surface area contributed by atoms with Gasteiger partial charge >= 0.3 is 0 Å². The van der Waals surface area contributed by atoms with Gasteiger partial charge in [-0.05, 0) is 36.2 Å². The van der Waals surface area contributed by atoms with Crippen molar-refractivity contribution in [3.05, 3.63) is 72.3 Å². The van der Waals surface area contributed by atoms with E-state index < -0.39 is 0 Å². The summed E-state index contributed by atoms with van der Waals surface area (Å²) in [5, 5.41) is 0. The number of rotatable bonds is 10. The molecule has 0 saturated carbocycles. The standard InChI is InChI=1S/C23H28O5/c1-3-12-25-13-14-26-22-10-6-20(7-11-22)23-27-16-19(17-28-23)15-18-4-8-21(24-2)9-5-18/h3-11,19,23H,1,12-17H2,2H3. The lowest BCUT2D eigenvalue weighted by atomic mass is 10.00. The zero-order valence-corrected chi connectivity index (χ0v) is 16.3. The zero-order chi connectivity index (χ0) is 19.6. The van der Waals surface area contributed by atoms with Crippen LogP contribution in [0.5, 0.6) is 11.5 Å². The Hall–Kier alpha value is -2.34. The molecule has 2 aromatic carbocycles. The monoisotopic (exact) mass is 384 g/mol. The summed E-state index contributed by atoms with van der Waals surface area (Å²) in [6, 6.07) is 16.0. The molecule has 0 aliphatic carbocycles. The van der Waals surface area contributed by atoms with Gasteiger partial charge in [-0.2, -0.15) is 0 Å². The summed E-state index contributed by atoms with van der Waals surface area (Å²) in [7, 11) is 1.68. The Morgan fingerprint density at radius 2 is 1.64 bits per heavy atom. The number of benzene rings is 2. The van der Waals surface area contributed by atoms with E-state index >= 15 is 0 Å². The van der Waals surface area contributed by atoms with Crippen LogP contribution in [0.15, 0.2) is 61.2 Å². The van der Waals surface area contributed by atoms with E-state index in [4.69, 9.17) is 23.7 Å². The Morgan fingerprint density at radius 1 is 0.964 bits per heavy atom. The van der Waals surface area contributed by atoms with Crippen molar-refractivity contribution in [3.63, 3.8) is 0 Å². The second kappa shape index (κ2) is 10.9. The molecule has 0 amide bonds. The van der Waals surface area contributed by atoms with Crippen molar-refractivity contribution in [2.45, 2.75) is 12.7 Å². The molecule has 1 fully saturated rings. The molecular weight excluding hydrogens is 356 g/mol. The van der Waals surface area contributed by atoms with Crippen LogP contribution < -0.4 is 9.47 Å². The molecule has 0 aromatic heterocycles. The summed E-state index contributed by atoms with van der Waals surface area (Å²) < 4.78 is 28.0. The highest BCUT2D eigenvalue weighted by molar-refractivity contribution is 5.29. The normalized spacial score (nSPS) is 19.2. The predicted octanol–water partition coefficient (Wildman–Crippen LogP) is 4.18. The maximum atomic E-state index is 5.94. The van der Waals surface area contributed by atoms with Crippen molar-refractivity contribution in [1.29, 1.82) is 0 Å². The SMILES string of the molecule is C=CCOCCOc1ccc(C2OCC(Cc3ccc(OC)cc3)CO2)cc1. The molecule has 0 radical (unpaired) electrons. The van der Waals surface area contributed by atoms with Crippen molar-refractivity contribution in [2.75, 3.05) is 40.1 Å². The molecule has 1 aliphatic heterocycles. The third kappa shape index (κ3) is 6.09. The highest BCUT2D eigenvalue weighted by atomic mass is 16.7. The Kier molecular flexibility index (Phi) is 7.91. The van der Waals surface area contributed by atoms with E-state index in [1.165, 1.54) is 5.56 Å². The first-order valence-electron chi connectivity index (χ1n) is 9.56. The van der Waals surface area contributed by atoms with Crippen LogP contribution in [0.25, 0.3) is 0 Å². The molecule has 150 valence electrons. The summed E-state index contributed by atoms with van der Waals surface area (Å²) >= 11 is 0. The van der Waals surface area contributed by atoms with Crippen LogP contribution >= 0.6 is 0 Å². The highest BCUT2D eigenvalue weighted by Gasteiger charge is 2.23. The first-order valence-corrected chi connectivity index (χ1v) is 9.56. The van der Waals surface area contributed by atoms with E-state index in [1.54, 1.807) is 13.2 Å². The minimum Gasteiger partial charge on any atom is -0.497 e. The lowest BCUT2D eigenvalue weighted by Gasteiger charge is -2.29. The van der Waals surface area contributed by atoms with Gasteiger partial charge in [0.2, 0.25) is 0 Å². The third-order valence-electron chi connectivity index (χ3n) is 4.53. The van der Waals surface area contributed by atoms with Gasteiger partial charge in [-0.15, -0.1) is 6.58 Å². The van der Waals surface area contributed by atoms with Crippen molar-refractivity contribution in [2.24, 2.45) is 5.92 Å². The van der Waals surface area contributed by atoms with Gasteiger partial charge in [-0.3, -0.25) is 0 Å². The number of hydrogen-bond acceptors (Lipinski definition) is 5. The van der Waals surface area contributed by atoms with Crippen LogP contribution in [0.4, 0.5) is 0 Å². The second-order valence-electron chi connectivity index (χ2n) is 6.70. The number of methoxy groups -OCH3 is 1. The first kappa shape index (κ1) is 20.4. The summed E-state index contributed by atoms with van der Waals surface area (Å²) in [6.07, 6.45) is 2.33. The van der Waals surface area contributed by atoms with E-state index in [9.17, 15) is 0 Å². The predicted molar refractivity (Wildman–Crippen MR) is 108 cm³/mol. The molecule has 1 aliphatic rings. The summed E-state index contributed by atoms with van der Waals surface area (Å²) in [4.78, 5) is 0. The van der Waals surface area contributed by atoms with Gasteiger partial charge in [0.15, 0.2) is 6.29 Å². The van der Waals surface area contributed by atoms with Gasteiger partial charge < -0.3 is 23.7 Å². The largest absolute Gasteiger partial charge is 0.497 e. The number of ether oxygens (including phenoxy) is 5. The van der Waals surface area contributed by atoms with Crippen molar-refractivity contribution < 1.29 is 23.7 Å². The summed E-state index contributed by atoms with van der Waals surface area (Å²) in [6.45, 7) is 6.55. The van der Waals surface area contributed by atoms with Gasteiger partial charge in [-0.25, -0.2) is 0 Å². The minimum atomic E-state index is -0.322. The van der Waals surface area contributed by atoms with Crippen molar-refractivity contribution >= 4 is 0 Å². The van der Waals surface area contributed by atoms with Crippen LogP contribution in [0, 0.1) is 5.92 Å². The average Bonchev–Trinajstić information content (AvgIpc) is 2.75. The van der Waals surface area contributed by atoms with E-state index in [-0.39, 0.29) is 6.29 Å². The molecule has 5 nitrogen and oxygen atoms in total. The lowest BCUT2D eigenvalue weighted by Crippen LogP contribution is -2.28. The van der Waals surface area contributed by atoms with E-state index in [2.05, 4.69) is 18.7 Å². The highest BCUT2D eigenvalue weighted by Crippen LogP contribution is 2.28. The second-order valence-corrected chi connectivity index (χ2v) is 6.70. The lowest BCUT2D eigenvalue weighted by molar-refractivity contribution is -0.204. The third-order valence-corrected chi connectivity index (χ3v) is 4.53. The molecule has 1 heterocycles. The van der Waals surface area contributed by atoms with Crippen LogP contribution in [0.2, 0.25) is 0 Å². The van der Waals surface area contributed by atoms with E-state index in [0.717, 1.165) is 23.5 Å². The maximum absolute atomic E-state index is 5.94. The molecule has 5 heteroatoms. The van der Waals surface area contributed by atoms with Gasteiger partial charge in [0.1, 0.15) is 18.1 Å². The fourth-order valence-electron chi connectivity index (χ4n) is 3.05. The Bertz CT molecular complexity index is 703. The van der Waals surface area contributed by atoms with Crippen LogP contribution in [0.1, 0.15) is 17.4 Å². The molecule has 0 atom stereocenters. The maximum Gasteiger partial charge on any atom is 0.183 e. The van der Waals surface area contributed by atoms with Crippen LogP contribution in [-0.4, -0.2) is 40.1 Å². The zero-order valence-electron chi connectivity index (χ0n) is 16.3. The molecular formula is C23H28O5. The van der Waals surface area contributed by atoms with E-state index in [1.807, 2.05) is 36.4 Å². The Balaban J connectivity index is 1.42. The molecule has 0 spiro atoms. The molecule has 2 aromatic rings. The Morgan fingerprint density at radius 3 is 2.29 bits per heavy atom. The average molecular weight is 384 g/mol. The van der Waals surface area contributed by atoms with Gasteiger partial charge in [-0.1, -0.05) is 30.3 Å². The molecule has 0 unspecified atom stereocenters. The minimum absolute atomic E-state index is 0.322. The molecule has 1 saturated heterocycles. The molecule has 0 bridgehead atoms. The van der Waals surface area contributed by atoms with Crippen molar-refractivity contribution in [3.8, 4) is 11.5 Å².